The molecular formula is C17H29N3O. The number of methoxy groups -OCH3 is 1. The van der Waals surface area contributed by atoms with Crippen LogP contribution in [0.2, 0.25) is 0 Å². The minimum Gasteiger partial charge on any atom is -0.383 e. The van der Waals surface area contributed by atoms with Crippen LogP contribution < -0.4 is 10.2 Å². The van der Waals surface area contributed by atoms with Crippen LogP contribution in [0.15, 0.2) is 18.2 Å². The molecule has 21 heavy (non-hydrogen) atoms. The van der Waals surface area contributed by atoms with Crippen LogP contribution in [0.5, 0.6) is 0 Å². The number of rotatable bonds is 10. The first-order valence-electron chi connectivity index (χ1n) is 8.23. The summed E-state index contributed by atoms with van der Waals surface area (Å²) < 4.78 is 5.27. The van der Waals surface area contributed by atoms with Crippen LogP contribution in [0.3, 0.4) is 0 Å². The summed E-state index contributed by atoms with van der Waals surface area (Å²) in [6.07, 6.45) is 4.89. The fraction of sp³-hybridized carbons (Fsp3) is 0.706. The Morgan fingerprint density at radius 3 is 2.71 bits per heavy atom. The highest BCUT2D eigenvalue weighted by Crippen LogP contribution is 2.21. The number of pyridine rings is 1. The Hall–Kier alpha value is -1.13. The van der Waals surface area contributed by atoms with Crippen molar-refractivity contribution >= 4 is 5.82 Å². The average Bonchev–Trinajstić information content (AvgIpc) is 3.34. The van der Waals surface area contributed by atoms with Crippen molar-refractivity contribution in [3.05, 3.63) is 23.9 Å². The van der Waals surface area contributed by atoms with E-state index in [2.05, 4.69) is 42.3 Å². The predicted octanol–water partition coefficient (Wildman–Crippen LogP) is 2.98. The van der Waals surface area contributed by atoms with Crippen molar-refractivity contribution in [1.29, 1.82) is 0 Å². The third-order valence-electron chi connectivity index (χ3n) is 4.16. The minimum absolute atomic E-state index is 0.527. The number of hydrogen-bond donors (Lipinski definition) is 1. The van der Waals surface area contributed by atoms with E-state index in [0.29, 0.717) is 6.04 Å². The van der Waals surface area contributed by atoms with Crippen molar-refractivity contribution in [1.82, 2.24) is 10.3 Å². The second-order valence-electron chi connectivity index (χ2n) is 5.80. The van der Waals surface area contributed by atoms with Crippen LogP contribution in [-0.4, -0.2) is 37.3 Å². The van der Waals surface area contributed by atoms with E-state index < -0.39 is 0 Å². The van der Waals surface area contributed by atoms with Gasteiger partial charge >= 0.3 is 0 Å². The zero-order valence-corrected chi connectivity index (χ0v) is 13.6. The van der Waals surface area contributed by atoms with Crippen LogP contribution in [0.25, 0.3) is 0 Å². The van der Waals surface area contributed by atoms with Gasteiger partial charge in [-0.3, -0.25) is 0 Å². The van der Waals surface area contributed by atoms with Gasteiger partial charge in [-0.25, -0.2) is 4.98 Å². The Kier molecular flexibility index (Phi) is 6.46. The monoisotopic (exact) mass is 291 g/mol. The van der Waals surface area contributed by atoms with E-state index in [1.54, 1.807) is 7.11 Å². The molecule has 0 amide bonds. The summed E-state index contributed by atoms with van der Waals surface area (Å²) in [5, 5.41) is 3.53. The molecule has 1 aromatic rings. The molecule has 0 atom stereocenters. The Labute approximate surface area is 128 Å². The summed E-state index contributed by atoms with van der Waals surface area (Å²) in [7, 11) is 1.76. The Morgan fingerprint density at radius 1 is 1.33 bits per heavy atom. The lowest BCUT2D eigenvalue weighted by molar-refractivity contribution is 0.202. The van der Waals surface area contributed by atoms with Crippen molar-refractivity contribution < 1.29 is 4.74 Å². The smallest absolute Gasteiger partial charge is 0.129 e. The van der Waals surface area contributed by atoms with Gasteiger partial charge < -0.3 is 15.0 Å². The molecule has 0 spiro atoms. The molecule has 1 aliphatic carbocycles. The molecule has 1 saturated carbocycles. The number of nitrogens with zero attached hydrogens (tertiary/aromatic N) is 2. The molecule has 2 rings (SSSR count). The number of anilines is 1. The van der Waals surface area contributed by atoms with Crippen LogP contribution in [0.4, 0.5) is 5.82 Å². The Bertz CT molecular complexity index is 416. The Morgan fingerprint density at radius 2 is 2.10 bits per heavy atom. The first-order valence-corrected chi connectivity index (χ1v) is 8.23. The summed E-state index contributed by atoms with van der Waals surface area (Å²) in [6.45, 7) is 7.00. The highest BCUT2D eigenvalue weighted by atomic mass is 16.5. The third-order valence-corrected chi connectivity index (χ3v) is 4.16. The van der Waals surface area contributed by atoms with Gasteiger partial charge in [0.2, 0.25) is 0 Å². The van der Waals surface area contributed by atoms with Crippen molar-refractivity contribution in [2.75, 3.05) is 25.2 Å². The lowest BCUT2D eigenvalue weighted by atomic mass is 10.1. The molecule has 0 saturated heterocycles. The average molecular weight is 291 g/mol. The van der Waals surface area contributed by atoms with Crippen molar-refractivity contribution in [3.8, 4) is 0 Å². The molecule has 1 aromatic heterocycles. The lowest BCUT2D eigenvalue weighted by Crippen LogP contribution is -2.37. The van der Waals surface area contributed by atoms with Gasteiger partial charge in [-0.15, -0.1) is 0 Å². The van der Waals surface area contributed by atoms with E-state index in [1.165, 1.54) is 12.8 Å². The molecule has 0 aromatic carbocycles. The van der Waals surface area contributed by atoms with Crippen LogP contribution in [-0.2, 0) is 11.3 Å². The first-order chi connectivity index (χ1) is 10.3. The second kappa shape index (κ2) is 8.35. The first kappa shape index (κ1) is 16.2. The van der Waals surface area contributed by atoms with E-state index in [-0.39, 0.29) is 0 Å². The van der Waals surface area contributed by atoms with Gasteiger partial charge in [0.15, 0.2) is 0 Å². The van der Waals surface area contributed by atoms with Gasteiger partial charge in [0, 0.05) is 32.3 Å². The summed E-state index contributed by atoms with van der Waals surface area (Å²) in [5.41, 5.74) is 1.13. The van der Waals surface area contributed by atoms with Crippen molar-refractivity contribution in [3.63, 3.8) is 0 Å². The van der Waals surface area contributed by atoms with Crippen LogP contribution >= 0.6 is 0 Å². The summed E-state index contributed by atoms with van der Waals surface area (Å²) in [5.74, 6) is 1.08. The number of nitrogens with one attached hydrogen (secondary N) is 1. The molecule has 1 heterocycles. The van der Waals surface area contributed by atoms with Crippen LogP contribution in [0.1, 0.15) is 45.2 Å². The molecule has 118 valence electrons. The van der Waals surface area contributed by atoms with E-state index in [4.69, 9.17) is 9.72 Å². The summed E-state index contributed by atoms with van der Waals surface area (Å²) in [4.78, 5) is 7.24. The van der Waals surface area contributed by atoms with E-state index in [1.807, 2.05) is 0 Å². The molecule has 1 N–H and O–H groups in total. The fourth-order valence-electron chi connectivity index (χ4n) is 2.66. The predicted molar refractivity (Wildman–Crippen MR) is 87.7 cm³/mol. The SMILES string of the molecule is CCC(CC)N(CCOC)c1cccc(CNC2CC2)n1. The van der Waals surface area contributed by atoms with E-state index in [0.717, 1.165) is 50.1 Å². The molecule has 0 radical (unpaired) electrons. The zero-order chi connectivity index (χ0) is 15.1. The van der Waals surface area contributed by atoms with Gasteiger partial charge in [-0.2, -0.15) is 0 Å². The second-order valence-corrected chi connectivity index (χ2v) is 5.80. The van der Waals surface area contributed by atoms with Gasteiger partial charge in [0.1, 0.15) is 5.82 Å². The van der Waals surface area contributed by atoms with Crippen LogP contribution in [0, 0.1) is 0 Å². The van der Waals surface area contributed by atoms with E-state index >= 15 is 0 Å². The van der Waals surface area contributed by atoms with Crippen molar-refractivity contribution in [2.45, 2.75) is 58.2 Å². The van der Waals surface area contributed by atoms with Gasteiger partial charge in [0.05, 0.1) is 12.3 Å². The maximum absolute atomic E-state index is 5.27. The van der Waals surface area contributed by atoms with Crippen molar-refractivity contribution in [2.24, 2.45) is 0 Å². The molecule has 4 nitrogen and oxygen atoms in total. The molecular weight excluding hydrogens is 262 g/mol. The largest absolute Gasteiger partial charge is 0.383 e. The van der Waals surface area contributed by atoms with Gasteiger partial charge in [-0.1, -0.05) is 19.9 Å². The maximum atomic E-state index is 5.27. The van der Waals surface area contributed by atoms with E-state index in [9.17, 15) is 0 Å². The molecule has 0 bridgehead atoms. The minimum atomic E-state index is 0.527. The number of aromatic nitrogens is 1. The quantitative estimate of drug-likeness (QED) is 0.719. The standard InChI is InChI=1S/C17H29N3O/c1-4-16(5-2)20(11-12-21-3)17-8-6-7-15(19-17)13-18-14-9-10-14/h6-8,14,16,18H,4-5,9-13H2,1-3H3. The van der Waals surface area contributed by atoms with Gasteiger partial charge in [0.25, 0.3) is 0 Å². The highest BCUT2D eigenvalue weighted by Gasteiger charge is 2.21. The van der Waals surface area contributed by atoms with Gasteiger partial charge in [-0.05, 0) is 37.8 Å². The maximum Gasteiger partial charge on any atom is 0.129 e. The topological polar surface area (TPSA) is 37.4 Å². The Balaban J connectivity index is 2.07. The summed E-state index contributed by atoms with van der Waals surface area (Å²) >= 11 is 0. The molecule has 4 heteroatoms. The fourth-order valence-corrected chi connectivity index (χ4v) is 2.66. The number of hydrogen-bond acceptors (Lipinski definition) is 4. The number of ether oxygens (including phenoxy) is 1. The zero-order valence-electron chi connectivity index (χ0n) is 13.6. The molecule has 0 unspecified atom stereocenters. The third kappa shape index (κ3) is 4.97. The normalized spacial score (nSPS) is 14.7. The molecule has 1 aliphatic rings. The molecule has 0 aliphatic heterocycles. The highest BCUT2D eigenvalue weighted by molar-refractivity contribution is 5.40. The summed E-state index contributed by atoms with van der Waals surface area (Å²) in [6, 6.07) is 7.60. The molecule has 1 fully saturated rings. The lowest BCUT2D eigenvalue weighted by Gasteiger charge is -2.31.